The highest BCUT2D eigenvalue weighted by atomic mass is 32.2. The normalized spacial score (nSPS) is 36.1. The van der Waals surface area contributed by atoms with Gasteiger partial charge < -0.3 is 10.8 Å². The molecule has 0 aromatic heterocycles. The summed E-state index contributed by atoms with van der Waals surface area (Å²) < 4.78 is 24.1. The van der Waals surface area contributed by atoms with E-state index < -0.39 is 26.1 Å². The van der Waals surface area contributed by atoms with Crippen LogP contribution in [0, 0.1) is 5.41 Å². The minimum absolute atomic E-state index is 0.395. The maximum atomic E-state index is 12.0. The van der Waals surface area contributed by atoms with Gasteiger partial charge in [0.25, 0.3) is 0 Å². The van der Waals surface area contributed by atoms with Crippen molar-refractivity contribution >= 4 is 9.84 Å². The lowest BCUT2D eigenvalue weighted by atomic mass is 9.65. The molecule has 2 atom stereocenters. The topological polar surface area (TPSA) is 80.4 Å². The molecule has 3 N–H and O–H groups in total. The predicted molar refractivity (Wildman–Crippen MR) is 76.6 cm³/mol. The zero-order valence-electron chi connectivity index (χ0n) is 11.9. The van der Waals surface area contributed by atoms with E-state index in [1.165, 1.54) is 19.1 Å². The van der Waals surface area contributed by atoms with Gasteiger partial charge in [-0.15, -0.1) is 0 Å². The van der Waals surface area contributed by atoms with Gasteiger partial charge in [-0.25, -0.2) is 8.42 Å². The molecule has 0 saturated heterocycles. The number of sulfone groups is 1. The van der Waals surface area contributed by atoms with Crippen molar-refractivity contribution in [2.75, 3.05) is 12.8 Å². The minimum atomic E-state index is -3.23. The predicted octanol–water partition coefficient (Wildman–Crippen LogP) is 1.61. The molecular formula is C14H27NO3S. The van der Waals surface area contributed by atoms with Crippen LogP contribution < -0.4 is 5.73 Å². The van der Waals surface area contributed by atoms with E-state index in [0.29, 0.717) is 19.4 Å². The van der Waals surface area contributed by atoms with Crippen molar-refractivity contribution in [3.8, 4) is 0 Å². The summed E-state index contributed by atoms with van der Waals surface area (Å²) in [5.41, 5.74) is 4.52. The molecule has 0 bridgehead atoms. The monoisotopic (exact) mass is 289 g/mol. The van der Waals surface area contributed by atoms with Crippen molar-refractivity contribution in [2.45, 2.75) is 68.6 Å². The number of hydrogen-bond acceptors (Lipinski definition) is 4. The molecule has 19 heavy (non-hydrogen) atoms. The summed E-state index contributed by atoms with van der Waals surface area (Å²) in [5.74, 6) is 0. The van der Waals surface area contributed by atoms with Gasteiger partial charge in [0.15, 0.2) is 9.84 Å². The van der Waals surface area contributed by atoms with Crippen molar-refractivity contribution in [3.05, 3.63) is 0 Å². The van der Waals surface area contributed by atoms with Crippen LogP contribution in [0.25, 0.3) is 0 Å². The Hall–Kier alpha value is -0.130. The summed E-state index contributed by atoms with van der Waals surface area (Å²) in [6.07, 6.45) is 9.39. The van der Waals surface area contributed by atoms with Crippen molar-refractivity contribution < 1.29 is 13.5 Å². The number of hydrogen-bond donors (Lipinski definition) is 2. The summed E-state index contributed by atoms with van der Waals surface area (Å²) in [4.78, 5) is 0. The maximum absolute atomic E-state index is 12.0. The SMILES string of the molecule is CS(=O)(=O)C1CCCC1(O)C1(CN)CCCCCC1. The van der Waals surface area contributed by atoms with Gasteiger partial charge in [0.05, 0.1) is 10.9 Å². The molecule has 4 nitrogen and oxygen atoms in total. The molecule has 0 heterocycles. The van der Waals surface area contributed by atoms with Gasteiger partial charge in [-0.05, 0) is 32.1 Å². The molecule has 2 aliphatic carbocycles. The molecule has 0 amide bonds. The third kappa shape index (κ3) is 2.57. The van der Waals surface area contributed by atoms with Crippen LogP contribution in [0.3, 0.4) is 0 Å². The molecule has 0 aromatic carbocycles. The Morgan fingerprint density at radius 2 is 1.68 bits per heavy atom. The summed E-state index contributed by atoms with van der Waals surface area (Å²) in [6.45, 7) is 0.398. The fourth-order valence-corrected chi connectivity index (χ4v) is 6.02. The third-order valence-electron chi connectivity index (χ3n) is 5.44. The highest BCUT2D eigenvalue weighted by Gasteiger charge is 2.58. The van der Waals surface area contributed by atoms with E-state index in [2.05, 4.69) is 0 Å². The highest BCUT2D eigenvalue weighted by Crippen LogP contribution is 2.52. The van der Waals surface area contributed by atoms with E-state index in [0.717, 1.165) is 32.1 Å². The Bertz CT molecular complexity index is 412. The lowest BCUT2D eigenvalue weighted by molar-refractivity contribution is -0.0812. The summed E-state index contributed by atoms with van der Waals surface area (Å²) in [7, 11) is -3.23. The van der Waals surface area contributed by atoms with Crippen LogP contribution in [0.2, 0.25) is 0 Å². The van der Waals surface area contributed by atoms with Gasteiger partial charge >= 0.3 is 0 Å². The van der Waals surface area contributed by atoms with Crippen LogP contribution in [0.1, 0.15) is 57.8 Å². The maximum Gasteiger partial charge on any atom is 0.153 e. The first-order valence-electron chi connectivity index (χ1n) is 7.47. The van der Waals surface area contributed by atoms with Crippen molar-refractivity contribution in [1.82, 2.24) is 0 Å². The van der Waals surface area contributed by atoms with E-state index in [1.54, 1.807) is 0 Å². The van der Waals surface area contributed by atoms with E-state index in [4.69, 9.17) is 5.73 Å². The molecule has 0 spiro atoms. The quantitative estimate of drug-likeness (QED) is 0.774. The molecule has 2 rings (SSSR count). The fraction of sp³-hybridized carbons (Fsp3) is 1.00. The lowest BCUT2D eigenvalue weighted by Crippen LogP contribution is -2.58. The first kappa shape index (κ1) is 15.3. The zero-order valence-corrected chi connectivity index (χ0v) is 12.7. The van der Waals surface area contributed by atoms with Gasteiger partial charge in [0.1, 0.15) is 0 Å². The van der Waals surface area contributed by atoms with E-state index in [1.807, 2.05) is 0 Å². The molecule has 2 aliphatic rings. The second-order valence-corrected chi connectivity index (χ2v) is 8.76. The lowest BCUT2D eigenvalue weighted by Gasteiger charge is -2.47. The molecule has 0 aromatic rings. The average Bonchev–Trinajstić information content (AvgIpc) is 2.62. The van der Waals surface area contributed by atoms with Gasteiger partial charge in [-0.2, -0.15) is 0 Å². The van der Waals surface area contributed by atoms with Crippen LogP contribution >= 0.6 is 0 Å². The Balaban J connectivity index is 2.39. The molecule has 5 heteroatoms. The fourth-order valence-electron chi connectivity index (χ4n) is 4.35. The Kier molecular flexibility index (Phi) is 4.29. The number of aliphatic hydroxyl groups is 1. The van der Waals surface area contributed by atoms with E-state index in [9.17, 15) is 13.5 Å². The second kappa shape index (κ2) is 5.34. The van der Waals surface area contributed by atoms with Crippen molar-refractivity contribution in [3.63, 3.8) is 0 Å². The van der Waals surface area contributed by atoms with Crippen LogP contribution in [0.5, 0.6) is 0 Å². The van der Waals surface area contributed by atoms with Crippen LogP contribution in [0.4, 0.5) is 0 Å². The second-order valence-electron chi connectivity index (χ2n) is 6.53. The molecule has 2 unspecified atom stereocenters. The highest BCUT2D eigenvalue weighted by molar-refractivity contribution is 7.91. The van der Waals surface area contributed by atoms with Gasteiger partial charge in [0, 0.05) is 18.2 Å². The van der Waals surface area contributed by atoms with E-state index >= 15 is 0 Å². The standard InChI is InChI=1S/C14H27NO3S/c1-19(17,18)12-7-6-10-14(12,16)13(11-15)8-4-2-3-5-9-13/h12,16H,2-11,15H2,1H3. The number of rotatable bonds is 3. The smallest absolute Gasteiger partial charge is 0.153 e. The zero-order chi connectivity index (χ0) is 14.1. The molecule has 0 aliphatic heterocycles. The Labute approximate surface area is 116 Å². The molecule has 112 valence electrons. The van der Waals surface area contributed by atoms with Crippen molar-refractivity contribution in [2.24, 2.45) is 11.1 Å². The summed E-state index contributed by atoms with van der Waals surface area (Å²) >= 11 is 0. The average molecular weight is 289 g/mol. The molecular weight excluding hydrogens is 262 g/mol. The largest absolute Gasteiger partial charge is 0.388 e. The van der Waals surface area contributed by atoms with Crippen LogP contribution in [0.15, 0.2) is 0 Å². The Morgan fingerprint density at radius 3 is 2.16 bits per heavy atom. The minimum Gasteiger partial charge on any atom is -0.388 e. The van der Waals surface area contributed by atoms with Crippen molar-refractivity contribution in [1.29, 1.82) is 0 Å². The summed E-state index contributed by atoms with van der Waals surface area (Å²) in [6, 6.07) is 0. The molecule has 2 saturated carbocycles. The van der Waals surface area contributed by atoms with E-state index in [-0.39, 0.29) is 0 Å². The Morgan fingerprint density at radius 1 is 1.11 bits per heavy atom. The summed E-state index contributed by atoms with van der Waals surface area (Å²) in [5, 5.41) is 10.6. The number of nitrogens with two attached hydrogens (primary N) is 1. The van der Waals surface area contributed by atoms with Crippen LogP contribution in [-0.2, 0) is 9.84 Å². The first-order chi connectivity index (χ1) is 8.86. The van der Waals surface area contributed by atoms with Gasteiger partial charge in [-0.1, -0.05) is 25.7 Å². The third-order valence-corrected chi connectivity index (χ3v) is 7.10. The molecule has 2 fully saturated rings. The first-order valence-corrected chi connectivity index (χ1v) is 9.42. The molecule has 0 radical (unpaired) electrons. The van der Waals surface area contributed by atoms with Crippen LogP contribution in [-0.4, -0.2) is 37.2 Å². The van der Waals surface area contributed by atoms with Gasteiger partial charge in [0.2, 0.25) is 0 Å². The van der Waals surface area contributed by atoms with Gasteiger partial charge in [-0.3, -0.25) is 0 Å².